The van der Waals surface area contributed by atoms with Crippen molar-refractivity contribution < 1.29 is 19.8 Å². The van der Waals surface area contributed by atoms with Crippen molar-refractivity contribution in [2.45, 2.75) is 25.1 Å². The minimum atomic E-state index is -1.35. The molecule has 2 rings (SSSR count). The molecule has 0 saturated carbocycles. The summed E-state index contributed by atoms with van der Waals surface area (Å²) in [7, 11) is 0. The number of hydrogen-bond donors (Lipinski definition) is 2. The van der Waals surface area contributed by atoms with Gasteiger partial charge >= 0.3 is 5.97 Å². The van der Waals surface area contributed by atoms with Crippen molar-refractivity contribution in [3.05, 3.63) is 48.0 Å². The van der Waals surface area contributed by atoms with E-state index < -0.39 is 23.9 Å². The van der Waals surface area contributed by atoms with Crippen LogP contribution in [0.2, 0.25) is 0 Å². The number of hydrazone groups is 1. The number of carboxylic acid groups (broad SMARTS) is 1. The molecule has 0 radical (unpaired) electrons. The highest BCUT2D eigenvalue weighted by Crippen LogP contribution is 2.20. The van der Waals surface area contributed by atoms with Gasteiger partial charge < -0.3 is 10.2 Å². The van der Waals surface area contributed by atoms with Crippen molar-refractivity contribution in [3.8, 4) is 0 Å². The maximum atomic E-state index is 11.4. The Balaban J connectivity index is 2.19. The van der Waals surface area contributed by atoms with E-state index in [4.69, 9.17) is 0 Å². The summed E-state index contributed by atoms with van der Waals surface area (Å²) in [6.45, 7) is 3.58. The van der Waals surface area contributed by atoms with E-state index in [2.05, 4.69) is 11.7 Å². The Hall–Kier alpha value is -2.47. The van der Waals surface area contributed by atoms with Gasteiger partial charge in [0.2, 0.25) is 0 Å². The molecular weight excluding hydrogens is 272 g/mol. The van der Waals surface area contributed by atoms with Crippen LogP contribution in [0.15, 0.2) is 42.0 Å². The molecule has 0 spiro atoms. The molecule has 0 bridgehead atoms. The van der Waals surface area contributed by atoms with Gasteiger partial charge in [0.25, 0.3) is 0 Å². The van der Waals surface area contributed by atoms with E-state index in [0.29, 0.717) is 0 Å². The predicted molar refractivity (Wildman–Crippen MR) is 76.8 cm³/mol. The number of carbonyl (C=O) groups is 2. The molecule has 110 valence electrons. The van der Waals surface area contributed by atoms with Gasteiger partial charge in [0.1, 0.15) is 0 Å². The van der Waals surface area contributed by atoms with Gasteiger partial charge in [-0.25, -0.2) is 4.79 Å². The maximum absolute atomic E-state index is 11.4. The molecule has 1 aromatic rings. The molecule has 1 heterocycles. The number of nitrogens with zero attached hydrogens (tertiary/aromatic N) is 2. The number of rotatable bonds is 6. The number of allylic oxidation sites excluding steroid dienone is 1. The zero-order valence-corrected chi connectivity index (χ0v) is 11.3. The third kappa shape index (κ3) is 3.35. The van der Waals surface area contributed by atoms with Crippen molar-refractivity contribution >= 4 is 18.0 Å². The molecular formula is C15H16N2O4. The minimum absolute atomic E-state index is 0.267. The van der Waals surface area contributed by atoms with E-state index in [9.17, 15) is 19.8 Å². The molecule has 2 unspecified atom stereocenters. The summed E-state index contributed by atoms with van der Waals surface area (Å²) in [6.07, 6.45) is 0.970. The van der Waals surface area contributed by atoms with Gasteiger partial charge in [-0.3, -0.25) is 9.80 Å². The van der Waals surface area contributed by atoms with E-state index in [-0.39, 0.29) is 13.0 Å². The highest BCUT2D eigenvalue weighted by atomic mass is 16.4. The number of aliphatic hydroxyl groups is 1. The first-order valence-corrected chi connectivity index (χ1v) is 6.47. The minimum Gasteiger partial charge on any atom is -0.480 e. The number of carboxylic acids is 1. The highest BCUT2D eigenvalue weighted by molar-refractivity contribution is 5.90. The van der Waals surface area contributed by atoms with Crippen molar-refractivity contribution in [2.24, 2.45) is 5.10 Å². The van der Waals surface area contributed by atoms with E-state index in [0.717, 1.165) is 17.2 Å². The second-order valence-corrected chi connectivity index (χ2v) is 4.77. The van der Waals surface area contributed by atoms with Gasteiger partial charge in [0.05, 0.1) is 18.9 Å². The second-order valence-electron chi connectivity index (χ2n) is 4.77. The molecule has 6 nitrogen and oxygen atoms in total. The largest absolute Gasteiger partial charge is 0.480 e. The molecule has 2 atom stereocenters. The molecule has 1 aromatic carbocycles. The Labute approximate surface area is 122 Å². The average molecular weight is 288 g/mol. The van der Waals surface area contributed by atoms with E-state index in [1.54, 1.807) is 6.21 Å². The number of aliphatic hydroxyl groups excluding tert-OH is 1. The lowest BCUT2D eigenvalue weighted by molar-refractivity contribution is -0.148. The molecule has 21 heavy (non-hydrogen) atoms. The Morgan fingerprint density at radius 3 is 2.81 bits per heavy atom. The lowest BCUT2D eigenvalue weighted by atomic mass is 10.0. The van der Waals surface area contributed by atoms with Gasteiger partial charge in [-0.05, 0) is 17.2 Å². The zero-order valence-electron chi connectivity index (χ0n) is 11.3. The van der Waals surface area contributed by atoms with Crippen LogP contribution in [-0.4, -0.2) is 45.3 Å². The first-order valence-electron chi connectivity index (χ1n) is 6.47. The van der Waals surface area contributed by atoms with Crippen molar-refractivity contribution in [1.82, 2.24) is 5.01 Å². The van der Waals surface area contributed by atoms with E-state index >= 15 is 0 Å². The molecule has 1 aliphatic heterocycles. The monoisotopic (exact) mass is 288 g/mol. The molecule has 0 amide bonds. The van der Waals surface area contributed by atoms with Gasteiger partial charge in [-0.15, -0.1) is 0 Å². The van der Waals surface area contributed by atoms with Gasteiger partial charge in [-0.1, -0.05) is 30.8 Å². The summed E-state index contributed by atoms with van der Waals surface area (Å²) in [5.41, 5.74) is 1.83. The first kappa shape index (κ1) is 14.9. The van der Waals surface area contributed by atoms with E-state index in [1.807, 2.05) is 24.3 Å². The van der Waals surface area contributed by atoms with Gasteiger partial charge in [-0.2, -0.15) is 5.10 Å². The van der Waals surface area contributed by atoms with Crippen molar-refractivity contribution in [3.63, 3.8) is 0 Å². The SMILES string of the molecule is C=CC(=O)CC(O)C(C(=O)O)N1Cc2ccccc2C=N1. The van der Waals surface area contributed by atoms with Crippen LogP contribution >= 0.6 is 0 Å². The molecule has 1 aliphatic rings. The van der Waals surface area contributed by atoms with Crippen LogP contribution < -0.4 is 0 Å². The summed E-state index contributed by atoms with van der Waals surface area (Å²) in [5.74, 6) is -1.63. The normalized spacial score (nSPS) is 16.0. The summed E-state index contributed by atoms with van der Waals surface area (Å²) < 4.78 is 0. The molecule has 0 saturated heterocycles. The Kier molecular flexibility index (Phi) is 4.49. The quantitative estimate of drug-likeness (QED) is 0.755. The molecule has 0 aromatic heterocycles. The Bertz CT molecular complexity index is 597. The highest BCUT2D eigenvalue weighted by Gasteiger charge is 2.34. The predicted octanol–water partition coefficient (Wildman–Crippen LogP) is 0.795. The summed E-state index contributed by atoms with van der Waals surface area (Å²) >= 11 is 0. The van der Waals surface area contributed by atoms with Gasteiger partial charge in [0.15, 0.2) is 11.8 Å². The first-order chi connectivity index (χ1) is 10.0. The van der Waals surface area contributed by atoms with Crippen LogP contribution in [0.4, 0.5) is 0 Å². The molecule has 0 fully saturated rings. The van der Waals surface area contributed by atoms with Crippen LogP contribution in [0.25, 0.3) is 0 Å². The summed E-state index contributed by atoms with van der Waals surface area (Å²) in [5, 5.41) is 24.7. The molecule has 0 aliphatic carbocycles. The van der Waals surface area contributed by atoms with Crippen molar-refractivity contribution in [1.29, 1.82) is 0 Å². The topological polar surface area (TPSA) is 90.2 Å². The number of fused-ring (bicyclic) bond motifs is 1. The fraction of sp³-hybridized carbons (Fsp3) is 0.267. The standard InChI is InChI=1S/C15H16N2O4/c1-2-12(18)7-13(19)14(15(20)21)17-9-11-6-4-3-5-10(11)8-16-17/h2-6,8,13-14,19H,1,7,9H2,(H,20,21). The number of carbonyl (C=O) groups excluding carboxylic acids is 1. The van der Waals surface area contributed by atoms with Gasteiger partial charge in [0, 0.05) is 6.42 Å². The fourth-order valence-corrected chi connectivity index (χ4v) is 2.22. The van der Waals surface area contributed by atoms with Crippen LogP contribution in [-0.2, 0) is 16.1 Å². The Morgan fingerprint density at radius 1 is 1.43 bits per heavy atom. The molecule has 6 heteroatoms. The lowest BCUT2D eigenvalue weighted by Gasteiger charge is -2.31. The van der Waals surface area contributed by atoms with E-state index in [1.165, 1.54) is 5.01 Å². The second kappa shape index (κ2) is 6.32. The third-order valence-electron chi connectivity index (χ3n) is 3.31. The third-order valence-corrected chi connectivity index (χ3v) is 3.31. The average Bonchev–Trinajstić information content (AvgIpc) is 2.46. The van der Waals surface area contributed by atoms with Crippen LogP contribution in [0.1, 0.15) is 17.5 Å². The van der Waals surface area contributed by atoms with Crippen molar-refractivity contribution in [2.75, 3.05) is 0 Å². The smallest absolute Gasteiger partial charge is 0.330 e. The van der Waals surface area contributed by atoms with Crippen LogP contribution in [0, 0.1) is 0 Å². The number of ketones is 1. The number of hydrogen-bond acceptors (Lipinski definition) is 5. The van der Waals surface area contributed by atoms with Crippen LogP contribution in [0.3, 0.4) is 0 Å². The number of aliphatic carboxylic acids is 1. The fourth-order valence-electron chi connectivity index (χ4n) is 2.22. The number of benzene rings is 1. The van der Waals surface area contributed by atoms with Crippen LogP contribution in [0.5, 0.6) is 0 Å². The zero-order chi connectivity index (χ0) is 15.4. The summed E-state index contributed by atoms with van der Waals surface area (Å²) in [4.78, 5) is 22.7. The summed E-state index contributed by atoms with van der Waals surface area (Å²) in [6, 6.07) is 6.19. The lowest BCUT2D eigenvalue weighted by Crippen LogP contribution is -2.47. The Morgan fingerprint density at radius 2 is 2.14 bits per heavy atom. The maximum Gasteiger partial charge on any atom is 0.330 e. The molecule has 2 N–H and O–H groups in total.